The Kier molecular flexibility index (Phi) is 5.13. The van der Waals surface area contributed by atoms with Gasteiger partial charge in [-0.3, -0.25) is 4.79 Å². The topological polar surface area (TPSA) is 55.3 Å². The van der Waals surface area contributed by atoms with E-state index in [0.717, 1.165) is 36.7 Å². The number of hydrogen-bond donors (Lipinski definition) is 0. The highest BCUT2D eigenvalue weighted by Crippen LogP contribution is 2.28. The van der Waals surface area contributed by atoms with Crippen molar-refractivity contribution in [1.82, 2.24) is 13.6 Å². The fraction of sp³-hybridized carbons (Fsp3) is 0.438. The second-order valence-electron chi connectivity index (χ2n) is 5.65. The summed E-state index contributed by atoms with van der Waals surface area (Å²) in [7, 11) is 0. The van der Waals surface area contributed by atoms with E-state index in [2.05, 4.69) is 15.7 Å². The molecule has 1 aromatic heterocycles. The van der Waals surface area contributed by atoms with E-state index in [0.29, 0.717) is 16.6 Å². The summed E-state index contributed by atoms with van der Waals surface area (Å²) in [5.41, 5.74) is 1.52. The minimum Gasteiger partial charge on any atom is -0.465 e. The van der Waals surface area contributed by atoms with E-state index in [1.165, 1.54) is 6.42 Å². The Balaban J connectivity index is 1.66. The second kappa shape index (κ2) is 7.27. The van der Waals surface area contributed by atoms with Crippen LogP contribution in [0.25, 0.3) is 11.3 Å². The van der Waals surface area contributed by atoms with Crippen LogP contribution in [0.15, 0.2) is 24.3 Å². The molecule has 0 radical (unpaired) electrons. The SMILES string of the molecule is CC1CCCCN1C(=O)COc1nsnc1-c1ccc(Cl)cc1. The molecular weight excluding hydrogens is 334 g/mol. The Labute approximate surface area is 144 Å². The predicted octanol–water partition coefficient (Wildman–Crippen LogP) is 3.64. The van der Waals surface area contributed by atoms with Crippen LogP contribution in [0.4, 0.5) is 0 Å². The van der Waals surface area contributed by atoms with E-state index in [4.69, 9.17) is 16.3 Å². The lowest BCUT2D eigenvalue weighted by Gasteiger charge is -2.33. The summed E-state index contributed by atoms with van der Waals surface area (Å²) in [6.45, 7) is 2.89. The third-order valence-electron chi connectivity index (χ3n) is 4.03. The summed E-state index contributed by atoms with van der Waals surface area (Å²) in [6.07, 6.45) is 3.30. The second-order valence-corrected chi connectivity index (χ2v) is 6.61. The lowest BCUT2D eigenvalue weighted by molar-refractivity contribution is -0.136. The van der Waals surface area contributed by atoms with Crippen molar-refractivity contribution >= 4 is 29.2 Å². The number of carbonyl (C=O) groups is 1. The van der Waals surface area contributed by atoms with E-state index < -0.39 is 0 Å². The molecule has 0 spiro atoms. The standard InChI is InChI=1S/C16H18ClN3O2S/c1-11-4-2-3-9-20(11)14(21)10-22-16-15(18-23-19-16)12-5-7-13(17)8-6-12/h5-8,11H,2-4,9-10H2,1H3. The van der Waals surface area contributed by atoms with Crippen molar-refractivity contribution in [2.45, 2.75) is 32.2 Å². The van der Waals surface area contributed by atoms with Gasteiger partial charge in [-0.1, -0.05) is 23.7 Å². The quantitative estimate of drug-likeness (QED) is 0.843. The van der Waals surface area contributed by atoms with E-state index in [1.54, 1.807) is 12.1 Å². The Bertz CT molecular complexity index is 674. The summed E-state index contributed by atoms with van der Waals surface area (Å²) < 4.78 is 14.1. The highest BCUT2D eigenvalue weighted by atomic mass is 35.5. The lowest BCUT2D eigenvalue weighted by atomic mass is 10.0. The fourth-order valence-electron chi connectivity index (χ4n) is 2.74. The van der Waals surface area contributed by atoms with E-state index >= 15 is 0 Å². The maximum atomic E-state index is 12.3. The van der Waals surface area contributed by atoms with Crippen LogP contribution in [0, 0.1) is 0 Å². The maximum Gasteiger partial charge on any atom is 0.260 e. The molecule has 1 unspecified atom stereocenters. The zero-order valence-electron chi connectivity index (χ0n) is 12.9. The van der Waals surface area contributed by atoms with Crippen molar-refractivity contribution in [1.29, 1.82) is 0 Å². The number of rotatable bonds is 4. The number of hydrogen-bond acceptors (Lipinski definition) is 5. The molecule has 1 saturated heterocycles. The molecule has 0 bridgehead atoms. The monoisotopic (exact) mass is 351 g/mol. The first-order chi connectivity index (χ1) is 11.1. The molecule has 3 rings (SSSR count). The normalized spacial score (nSPS) is 18.0. The van der Waals surface area contributed by atoms with Gasteiger partial charge in [0.2, 0.25) is 0 Å². The molecule has 122 valence electrons. The minimum atomic E-state index is -0.00363. The molecule has 1 aromatic carbocycles. The Hall–Kier alpha value is -1.66. The van der Waals surface area contributed by atoms with Crippen LogP contribution in [0.1, 0.15) is 26.2 Å². The molecule has 0 saturated carbocycles. The van der Waals surface area contributed by atoms with E-state index in [-0.39, 0.29) is 18.6 Å². The van der Waals surface area contributed by atoms with Gasteiger partial charge >= 0.3 is 0 Å². The van der Waals surface area contributed by atoms with Crippen LogP contribution in [0.2, 0.25) is 5.02 Å². The largest absolute Gasteiger partial charge is 0.465 e. The molecule has 1 aliphatic heterocycles. The van der Waals surface area contributed by atoms with Gasteiger partial charge in [0.25, 0.3) is 11.8 Å². The van der Waals surface area contributed by atoms with Crippen LogP contribution in [-0.2, 0) is 4.79 Å². The van der Waals surface area contributed by atoms with Crippen molar-refractivity contribution in [2.75, 3.05) is 13.2 Å². The van der Waals surface area contributed by atoms with Crippen molar-refractivity contribution in [3.8, 4) is 17.1 Å². The number of carbonyl (C=O) groups excluding carboxylic acids is 1. The van der Waals surface area contributed by atoms with Gasteiger partial charge in [-0.05, 0) is 38.3 Å². The summed E-state index contributed by atoms with van der Waals surface area (Å²) >= 11 is 6.97. The maximum absolute atomic E-state index is 12.3. The average Bonchev–Trinajstić information content (AvgIpc) is 3.02. The first-order valence-corrected chi connectivity index (χ1v) is 8.77. The number of amides is 1. The number of aromatic nitrogens is 2. The van der Waals surface area contributed by atoms with E-state index in [1.807, 2.05) is 17.0 Å². The zero-order chi connectivity index (χ0) is 16.2. The molecular formula is C16H18ClN3O2S. The van der Waals surface area contributed by atoms with Crippen LogP contribution < -0.4 is 4.74 Å². The third kappa shape index (κ3) is 3.82. The highest BCUT2D eigenvalue weighted by Gasteiger charge is 2.24. The number of ether oxygens (including phenoxy) is 1. The van der Waals surface area contributed by atoms with Crippen LogP contribution in [0.3, 0.4) is 0 Å². The summed E-state index contributed by atoms with van der Waals surface area (Å²) in [6, 6.07) is 7.59. The molecule has 23 heavy (non-hydrogen) atoms. The Morgan fingerprint density at radius 3 is 2.87 bits per heavy atom. The smallest absolute Gasteiger partial charge is 0.260 e. The van der Waals surface area contributed by atoms with Gasteiger partial charge in [0, 0.05) is 23.2 Å². The van der Waals surface area contributed by atoms with Gasteiger partial charge < -0.3 is 9.64 Å². The average molecular weight is 352 g/mol. The van der Waals surface area contributed by atoms with Gasteiger partial charge in [0.05, 0.1) is 11.7 Å². The fourth-order valence-corrected chi connectivity index (χ4v) is 3.39. The number of halogens is 1. The van der Waals surface area contributed by atoms with Crippen molar-refractivity contribution < 1.29 is 9.53 Å². The molecule has 1 fully saturated rings. The third-order valence-corrected chi connectivity index (χ3v) is 4.80. The predicted molar refractivity (Wildman–Crippen MR) is 90.9 cm³/mol. The zero-order valence-corrected chi connectivity index (χ0v) is 14.4. The summed E-state index contributed by atoms with van der Waals surface area (Å²) in [5.74, 6) is 0.405. The number of piperidine rings is 1. The molecule has 1 atom stereocenters. The molecule has 5 nitrogen and oxygen atoms in total. The minimum absolute atomic E-state index is 0.00363. The number of benzene rings is 1. The van der Waals surface area contributed by atoms with Gasteiger partial charge in [-0.2, -0.15) is 4.37 Å². The Morgan fingerprint density at radius 2 is 2.13 bits per heavy atom. The molecule has 0 N–H and O–H groups in total. The van der Waals surface area contributed by atoms with Crippen LogP contribution in [-0.4, -0.2) is 38.7 Å². The van der Waals surface area contributed by atoms with Crippen molar-refractivity contribution in [3.05, 3.63) is 29.3 Å². The Morgan fingerprint density at radius 1 is 1.35 bits per heavy atom. The molecule has 1 aliphatic rings. The summed E-state index contributed by atoms with van der Waals surface area (Å²) in [4.78, 5) is 14.2. The molecule has 1 amide bonds. The first-order valence-electron chi connectivity index (χ1n) is 7.66. The lowest BCUT2D eigenvalue weighted by Crippen LogP contribution is -2.44. The number of nitrogens with zero attached hydrogens (tertiary/aromatic N) is 3. The molecule has 2 aromatic rings. The highest BCUT2D eigenvalue weighted by molar-refractivity contribution is 6.99. The molecule has 2 heterocycles. The van der Waals surface area contributed by atoms with Crippen LogP contribution in [0.5, 0.6) is 5.88 Å². The molecule has 7 heteroatoms. The van der Waals surface area contributed by atoms with Gasteiger partial charge in [-0.25, -0.2) is 0 Å². The van der Waals surface area contributed by atoms with Gasteiger partial charge in [0.15, 0.2) is 6.61 Å². The number of likely N-dealkylation sites (tertiary alicyclic amines) is 1. The van der Waals surface area contributed by atoms with Gasteiger partial charge in [0.1, 0.15) is 5.69 Å². The van der Waals surface area contributed by atoms with Gasteiger partial charge in [-0.15, -0.1) is 4.37 Å². The van der Waals surface area contributed by atoms with E-state index in [9.17, 15) is 4.79 Å². The van der Waals surface area contributed by atoms with Crippen LogP contribution >= 0.6 is 23.3 Å². The molecule has 0 aliphatic carbocycles. The van der Waals surface area contributed by atoms with Crippen molar-refractivity contribution in [2.24, 2.45) is 0 Å². The first kappa shape index (κ1) is 16.2. The van der Waals surface area contributed by atoms with Crippen molar-refractivity contribution in [3.63, 3.8) is 0 Å². The summed E-state index contributed by atoms with van der Waals surface area (Å²) in [5, 5.41) is 0.661.